The van der Waals surface area contributed by atoms with Crippen LogP contribution in [0.4, 0.5) is 0 Å². The van der Waals surface area contributed by atoms with E-state index in [4.69, 9.17) is 4.74 Å². The van der Waals surface area contributed by atoms with E-state index in [-0.39, 0.29) is 12.1 Å². The van der Waals surface area contributed by atoms with Gasteiger partial charge in [0.05, 0.1) is 35.1 Å². The molecule has 1 aromatic rings. The van der Waals surface area contributed by atoms with Crippen molar-refractivity contribution in [2.24, 2.45) is 0 Å². The van der Waals surface area contributed by atoms with Gasteiger partial charge in [0.2, 0.25) is 0 Å². The average molecular weight is 319 g/mol. The lowest BCUT2D eigenvalue weighted by molar-refractivity contribution is 0.0822. The Morgan fingerprint density at radius 2 is 2.22 bits per heavy atom. The molecule has 0 aliphatic rings. The number of nitrogens with zero attached hydrogens (tertiary/aromatic N) is 3. The predicted octanol–water partition coefficient (Wildman–Crippen LogP) is 1.50. The molecule has 0 aromatic carbocycles. The van der Waals surface area contributed by atoms with E-state index in [1.165, 1.54) is 0 Å². The molecule has 0 fully saturated rings. The standard InChI is InChI=1S/C12H23BrN4O/c1-9(18-5)11(14-2)12-10(13)8-15-17(12)7-6-16(3)4/h8-9,11,14H,6-7H2,1-5H3. The third-order valence-corrected chi connectivity index (χ3v) is 3.65. The van der Waals surface area contributed by atoms with Crippen molar-refractivity contribution >= 4 is 15.9 Å². The molecule has 1 aromatic heterocycles. The highest BCUT2D eigenvalue weighted by atomic mass is 79.9. The molecular formula is C12H23BrN4O. The fraction of sp³-hybridized carbons (Fsp3) is 0.750. The highest BCUT2D eigenvalue weighted by Gasteiger charge is 2.24. The van der Waals surface area contributed by atoms with Crippen LogP contribution in [0.15, 0.2) is 10.7 Å². The molecule has 0 spiro atoms. The second kappa shape index (κ2) is 7.23. The van der Waals surface area contributed by atoms with E-state index >= 15 is 0 Å². The average Bonchev–Trinajstić information content (AvgIpc) is 2.69. The molecule has 0 aliphatic heterocycles. The highest BCUT2D eigenvalue weighted by Crippen LogP contribution is 2.26. The number of aromatic nitrogens is 2. The van der Waals surface area contributed by atoms with E-state index < -0.39 is 0 Å². The van der Waals surface area contributed by atoms with Gasteiger partial charge in [0.1, 0.15) is 0 Å². The smallest absolute Gasteiger partial charge is 0.0764 e. The van der Waals surface area contributed by atoms with Crippen LogP contribution in [-0.4, -0.2) is 55.6 Å². The molecule has 0 saturated carbocycles. The van der Waals surface area contributed by atoms with Crippen molar-refractivity contribution in [3.05, 3.63) is 16.4 Å². The Morgan fingerprint density at radius 3 is 2.72 bits per heavy atom. The van der Waals surface area contributed by atoms with Crippen molar-refractivity contribution in [1.82, 2.24) is 20.0 Å². The summed E-state index contributed by atoms with van der Waals surface area (Å²) in [7, 11) is 7.79. The van der Waals surface area contributed by atoms with Crippen molar-refractivity contribution in [3.63, 3.8) is 0 Å². The number of methoxy groups -OCH3 is 1. The van der Waals surface area contributed by atoms with Gasteiger partial charge in [-0.2, -0.15) is 5.10 Å². The minimum atomic E-state index is 0.0844. The molecule has 2 atom stereocenters. The first-order valence-corrected chi connectivity index (χ1v) is 6.86. The first-order valence-electron chi connectivity index (χ1n) is 6.07. The van der Waals surface area contributed by atoms with Crippen LogP contribution in [0.3, 0.4) is 0 Å². The number of rotatable bonds is 7. The van der Waals surface area contributed by atoms with Crippen molar-refractivity contribution in [3.8, 4) is 0 Å². The minimum Gasteiger partial charge on any atom is -0.380 e. The first-order chi connectivity index (χ1) is 8.51. The SMILES string of the molecule is CNC(c1c(Br)cnn1CCN(C)C)C(C)OC. The molecule has 0 bridgehead atoms. The normalized spacial score (nSPS) is 15.1. The molecule has 6 heteroatoms. The molecule has 2 unspecified atom stereocenters. The molecule has 0 radical (unpaired) electrons. The van der Waals surface area contributed by atoms with E-state index in [1.54, 1.807) is 7.11 Å². The van der Waals surface area contributed by atoms with Gasteiger partial charge in [0.15, 0.2) is 0 Å². The van der Waals surface area contributed by atoms with E-state index in [2.05, 4.69) is 52.3 Å². The lowest BCUT2D eigenvalue weighted by atomic mass is 10.1. The number of halogens is 1. The van der Waals surface area contributed by atoms with Gasteiger partial charge >= 0.3 is 0 Å². The van der Waals surface area contributed by atoms with Crippen LogP contribution < -0.4 is 5.32 Å². The van der Waals surface area contributed by atoms with E-state index in [0.717, 1.165) is 23.3 Å². The Morgan fingerprint density at radius 1 is 1.56 bits per heavy atom. The number of ether oxygens (including phenoxy) is 1. The monoisotopic (exact) mass is 318 g/mol. The predicted molar refractivity (Wildman–Crippen MR) is 76.8 cm³/mol. The molecular weight excluding hydrogens is 296 g/mol. The summed E-state index contributed by atoms with van der Waals surface area (Å²) in [4.78, 5) is 2.15. The molecule has 0 amide bonds. The van der Waals surface area contributed by atoms with Crippen LogP contribution in [0.2, 0.25) is 0 Å². The molecule has 104 valence electrons. The minimum absolute atomic E-state index is 0.0844. The van der Waals surface area contributed by atoms with Gasteiger partial charge in [-0.1, -0.05) is 0 Å². The van der Waals surface area contributed by atoms with Gasteiger partial charge in [-0.25, -0.2) is 0 Å². The topological polar surface area (TPSA) is 42.3 Å². The molecule has 1 heterocycles. The summed E-state index contributed by atoms with van der Waals surface area (Å²) in [6, 6.07) is 0.119. The number of likely N-dealkylation sites (N-methyl/N-ethyl adjacent to an activating group) is 2. The second-order valence-electron chi connectivity index (χ2n) is 4.61. The summed E-state index contributed by atoms with van der Waals surface area (Å²) in [6.45, 7) is 3.87. The quantitative estimate of drug-likeness (QED) is 0.827. The third-order valence-electron chi connectivity index (χ3n) is 3.04. The second-order valence-corrected chi connectivity index (χ2v) is 5.47. The van der Waals surface area contributed by atoms with Crippen molar-refractivity contribution in [1.29, 1.82) is 0 Å². The van der Waals surface area contributed by atoms with Crippen LogP contribution in [0, 0.1) is 0 Å². The van der Waals surface area contributed by atoms with E-state index in [9.17, 15) is 0 Å². The Labute approximate surface area is 118 Å². The van der Waals surface area contributed by atoms with E-state index in [1.807, 2.05) is 17.9 Å². The highest BCUT2D eigenvalue weighted by molar-refractivity contribution is 9.10. The number of nitrogens with one attached hydrogen (secondary N) is 1. The van der Waals surface area contributed by atoms with Crippen molar-refractivity contribution < 1.29 is 4.74 Å². The summed E-state index contributed by atoms with van der Waals surface area (Å²) in [5, 5.41) is 7.72. The van der Waals surface area contributed by atoms with E-state index in [0.29, 0.717) is 0 Å². The maximum atomic E-state index is 5.43. The third kappa shape index (κ3) is 3.78. The van der Waals surface area contributed by atoms with Gasteiger partial charge in [-0.05, 0) is 44.0 Å². The van der Waals surface area contributed by atoms with Crippen LogP contribution in [0.1, 0.15) is 18.7 Å². The Kier molecular flexibility index (Phi) is 6.28. The lowest BCUT2D eigenvalue weighted by Gasteiger charge is -2.24. The zero-order valence-corrected chi connectivity index (χ0v) is 13.4. The molecule has 0 saturated heterocycles. The zero-order valence-electron chi connectivity index (χ0n) is 11.8. The lowest BCUT2D eigenvalue weighted by Crippen LogP contribution is -2.32. The maximum absolute atomic E-state index is 5.43. The fourth-order valence-electron chi connectivity index (χ4n) is 1.88. The summed E-state index contributed by atoms with van der Waals surface area (Å²) in [6.07, 6.45) is 1.93. The van der Waals surface area contributed by atoms with Gasteiger partial charge in [0, 0.05) is 13.7 Å². The van der Waals surface area contributed by atoms with Crippen LogP contribution in [-0.2, 0) is 11.3 Å². The Balaban J connectivity index is 2.94. The first kappa shape index (κ1) is 15.6. The molecule has 1 N–H and O–H groups in total. The molecule has 18 heavy (non-hydrogen) atoms. The molecule has 0 aliphatic carbocycles. The largest absolute Gasteiger partial charge is 0.380 e. The fourth-order valence-corrected chi connectivity index (χ4v) is 2.43. The summed E-state index contributed by atoms with van der Waals surface area (Å²) in [5.41, 5.74) is 1.13. The van der Waals surface area contributed by atoms with Gasteiger partial charge in [-0.3, -0.25) is 4.68 Å². The van der Waals surface area contributed by atoms with Crippen molar-refractivity contribution in [2.75, 3.05) is 34.8 Å². The van der Waals surface area contributed by atoms with Crippen LogP contribution in [0.25, 0.3) is 0 Å². The zero-order chi connectivity index (χ0) is 13.7. The summed E-state index contributed by atoms with van der Waals surface area (Å²) < 4.78 is 8.47. The Bertz CT molecular complexity index is 367. The summed E-state index contributed by atoms with van der Waals surface area (Å²) >= 11 is 3.57. The van der Waals surface area contributed by atoms with Gasteiger partial charge in [-0.15, -0.1) is 0 Å². The summed E-state index contributed by atoms with van der Waals surface area (Å²) in [5.74, 6) is 0. The molecule has 5 nitrogen and oxygen atoms in total. The van der Waals surface area contributed by atoms with Crippen LogP contribution >= 0.6 is 15.9 Å². The maximum Gasteiger partial charge on any atom is 0.0764 e. The van der Waals surface area contributed by atoms with Crippen molar-refractivity contribution in [2.45, 2.75) is 25.6 Å². The van der Waals surface area contributed by atoms with Gasteiger partial charge < -0.3 is 15.0 Å². The van der Waals surface area contributed by atoms with Gasteiger partial charge in [0.25, 0.3) is 0 Å². The Hall–Kier alpha value is -0.430. The van der Waals surface area contributed by atoms with Crippen LogP contribution in [0.5, 0.6) is 0 Å². The number of hydrogen-bond donors (Lipinski definition) is 1. The molecule has 1 rings (SSSR count). The number of hydrogen-bond acceptors (Lipinski definition) is 4.